The Bertz CT molecular complexity index is 523. The van der Waals surface area contributed by atoms with E-state index >= 15 is 0 Å². The molecule has 5 heteroatoms. The van der Waals surface area contributed by atoms with Gasteiger partial charge in [-0.1, -0.05) is 0 Å². The van der Waals surface area contributed by atoms with E-state index in [2.05, 4.69) is 9.97 Å². The van der Waals surface area contributed by atoms with Crippen LogP contribution >= 0.6 is 0 Å². The minimum Gasteiger partial charge on any atom is -0.384 e. The zero-order valence-electron chi connectivity index (χ0n) is 8.11. The topological polar surface area (TPSA) is 76.7 Å². The Hall–Kier alpha value is -1.78. The van der Waals surface area contributed by atoms with Crippen molar-refractivity contribution in [3.05, 3.63) is 22.6 Å². The van der Waals surface area contributed by atoms with Crippen LogP contribution in [0.15, 0.2) is 16.9 Å². The van der Waals surface area contributed by atoms with Gasteiger partial charge in [-0.15, -0.1) is 0 Å². The van der Waals surface area contributed by atoms with Gasteiger partial charge in [0.2, 0.25) is 0 Å². The normalized spacial score (nSPS) is 11.4. The van der Waals surface area contributed by atoms with Gasteiger partial charge in [0.05, 0.1) is 5.52 Å². The van der Waals surface area contributed by atoms with E-state index in [1.54, 1.807) is 16.7 Å². The molecule has 0 saturated carbocycles. The predicted molar refractivity (Wildman–Crippen MR) is 55.2 cm³/mol. The summed E-state index contributed by atoms with van der Waals surface area (Å²) in [5, 5.41) is 0. The summed E-state index contributed by atoms with van der Waals surface area (Å²) in [4.78, 5) is 18.4. The number of hydrogen-bond acceptors (Lipinski definition) is 3. The van der Waals surface area contributed by atoms with Gasteiger partial charge in [-0.25, -0.2) is 9.78 Å². The van der Waals surface area contributed by atoms with Gasteiger partial charge < -0.3 is 10.7 Å². The van der Waals surface area contributed by atoms with E-state index in [-0.39, 0.29) is 11.7 Å². The third kappa shape index (κ3) is 1.17. The molecule has 2 rings (SSSR count). The quantitative estimate of drug-likeness (QED) is 0.704. The van der Waals surface area contributed by atoms with E-state index < -0.39 is 0 Å². The van der Waals surface area contributed by atoms with Crippen LogP contribution < -0.4 is 11.4 Å². The van der Waals surface area contributed by atoms with Gasteiger partial charge in [0.15, 0.2) is 5.65 Å². The van der Waals surface area contributed by atoms with Crippen molar-refractivity contribution in [2.75, 3.05) is 5.73 Å². The second kappa shape index (κ2) is 2.87. The largest absolute Gasteiger partial charge is 0.384 e. The maximum Gasteiger partial charge on any atom is 0.327 e. The Kier molecular flexibility index (Phi) is 1.80. The number of nitrogens with two attached hydrogens (primary N) is 1. The van der Waals surface area contributed by atoms with Crippen molar-refractivity contribution in [1.29, 1.82) is 0 Å². The van der Waals surface area contributed by atoms with E-state index in [9.17, 15) is 4.79 Å². The highest BCUT2D eigenvalue weighted by molar-refractivity contribution is 5.72. The van der Waals surface area contributed by atoms with E-state index in [4.69, 9.17) is 5.73 Å². The van der Waals surface area contributed by atoms with E-state index in [0.717, 1.165) is 5.52 Å². The molecule has 0 aromatic carbocycles. The Morgan fingerprint density at radius 1 is 1.50 bits per heavy atom. The standard InChI is InChI=1S/C9H12N4O/c1-5(2)13-8-6(11-9(13)14)3-4-7(10)12-8/h3-5H,1-2H3,(H2,10,12)(H,11,14). The lowest BCUT2D eigenvalue weighted by Crippen LogP contribution is -2.18. The monoisotopic (exact) mass is 192 g/mol. The summed E-state index contributed by atoms with van der Waals surface area (Å²) in [6.07, 6.45) is 0. The number of nitrogen functional groups attached to an aromatic ring is 1. The number of imidazole rings is 1. The number of hydrogen-bond donors (Lipinski definition) is 2. The number of H-pyrrole nitrogens is 1. The third-order valence-corrected chi connectivity index (χ3v) is 2.10. The van der Waals surface area contributed by atoms with Crippen LogP contribution in [0, 0.1) is 0 Å². The molecule has 0 radical (unpaired) electrons. The maximum absolute atomic E-state index is 11.5. The van der Waals surface area contributed by atoms with Crippen molar-refractivity contribution >= 4 is 17.0 Å². The molecule has 2 aromatic rings. The van der Waals surface area contributed by atoms with Crippen LogP contribution in [0.25, 0.3) is 11.2 Å². The highest BCUT2D eigenvalue weighted by Gasteiger charge is 2.10. The van der Waals surface area contributed by atoms with Crippen molar-refractivity contribution < 1.29 is 0 Å². The summed E-state index contributed by atoms with van der Waals surface area (Å²) < 4.78 is 1.59. The lowest BCUT2D eigenvalue weighted by Gasteiger charge is -2.05. The van der Waals surface area contributed by atoms with E-state index in [1.165, 1.54) is 0 Å². The van der Waals surface area contributed by atoms with Gasteiger partial charge in [-0.2, -0.15) is 0 Å². The molecule has 0 fully saturated rings. The predicted octanol–water partition coefficient (Wildman–Crippen LogP) is 0.888. The summed E-state index contributed by atoms with van der Waals surface area (Å²) in [6, 6.07) is 3.51. The number of aromatic nitrogens is 3. The number of fused-ring (bicyclic) bond motifs is 1. The fourth-order valence-electron chi connectivity index (χ4n) is 1.49. The van der Waals surface area contributed by atoms with Gasteiger partial charge in [0.1, 0.15) is 5.82 Å². The highest BCUT2D eigenvalue weighted by Crippen LogP contribution is 2.13. The molecule has 0 saturated heterocycles. The van der Waals surface area contributed by atoms with Gasteiger partial charge in [-0.3, -0.25) is 4.57 Å². The third-order valence-electron chi connectivity index (χ3n) is 2.10. The van der Waals surface area contributed by atoms with Crippen LogP contribution in [0.4, 0.5) is 5.82 Å². The zero-order valence-corrected chi connectivity index (χ0v) is 8.11. The summed E-state index contributed by atoms with van der Waals surface area (Å²) in [5.74, 6) is 0.422. The molecule has 2 aromatic heterocycles. The van der Waals surface area contributed by atoms with Crippen molar-refractivity contribution in [2.24, 2.45) is 0 Å². The fourth-order valence-corrected chi connectivity index (χ4v) is 1.49. The highest BCUT2D eigenvalue weighted by atomic mass is 16.1. The SMILES string of the molecule is CC(C)n1c(=O)[nH]c2ccc(N)nc21. The Morgan fingerprint density at radius 3 is 2.86 bits per heavy atom. The van der Waals surface area contributed by atoms with Gasteiger partial charge in [-0.05, 0) is 26.0 Å². The maximum atomic E-state index is 11.5. The first kappa shape index (κ1) is 8.80. The molecule has 5 nitrogen and oxygen atoms in total. The van der Waals surface area contributed by atoms with Gasteiger partial charge in [0.25, 0.3) is 0 Å². The molecular weight excluding hydrogens is 180 g/mol. The summed E-state index contributed by atoms with van der Waals surface area (Å²) in [7, 11) is 0. The lowest BCUT2D eigenvalue weighted by molar-refractivity contribution is 0.593. The molecule has 0 bridgehead atoms. The molecule has 0 aliphatic heterocycles. The number of aromatic amines is 1. The number of anilines is 1. The minimum atomic E-state index is -0.145. The molecule has 0 aliphatic carbocycles. The minimum absolute atomic E-state index is 0.0746. The Morgan fingerprint density at radius 2 is 2.21 bits per heavy atom. The van der Waals surface area contributed by atoms with Crippen molar-refractivity contribution in [3.63, 3.8) is 0 Å². The number of rotatable bonds is 1. The van der Waals surface area contributed by atoms with Crippen molar-refractivity contribution in [1.82, 2.24) is 14.5 Å². The van der Waals surface area contributed by atoms with Crippen LogP contribution in [-0.2, 0) is 0 Å². The molecular formula is C9H12N4O. The number of nitrogens with zero attached hydrogens (tertiary/aromatic N) is 2. The first-order valence-electron chi connectivity index (χ1n) is 4.46. The van der Waals surface area contributed by atoms with E-state index in [1.807, 2.05) is 13.8 Å². The van der Waals surface area contributed by atoms with Crippen LogP contribution in [0.5, 0.6) is 0 Å². The first-order valence-corrected chi connectivity index (χ1v) is 4.46. The number of pyridine rings is 1. The summed E-state index contributed by atoms with van der Waals surface area (Å²) >= 11 is 0. The summed E-state index contributed by atoms with van der Waals surface area (Å²) in [5.41, 5.74) is 6.75. The second-order valence-corrected chi connectivity index (χ2v) is 3.50. The average molecular weight is 192 g/mol. The van der Waals surface area contributed by atoms with Crippen LogP contribution in [0.2, 0.25) is 0 Å². The van der Waals surface area contributed by atoms with Crippen LogP contribution in [-0.4, -0.2) is 14.5 Å². The summed E-state index contributed by atoms with van der Waals surface area (Å²) in [6.45, 7) is 3.86. The molecule has 74 valence electrons. The second-order valence-electron chi connectivity index (χ2n) is 3.50. The zero-order chi connectivity index (χ0) is 10.3. The van der Waals surface area contributed by atoms with Crippen molar-refractivity contribution in [2.45, 2.75) is 19.9 Å². The molecule has 0 amide bonds. The molecule has 0 unspecified atom stereocenters. The fraction of sp³-hybridized carbons (Fsp3) is 0.333. The molecule has 3 N–H and O–H groups in total. The lowest BCUT2D eigenvalue weighted by atomic mass is 10.3. The molecule has 0 aliphatic rings. The Balaban J connectivity index is 2.86. The molecule has 0 atom stereocenters. The van der Waals surface area contributed by atoms with Crippen LogP contribution in [0.3, 0.4) is 0 Å². The van der Waals surface area contributed by atoms with E-state index in [0.29, 0.717) is 11.5 Å². The van der Waals surface area contributed by atoms with Crippen LogP contribution in [0.1, 0.15) is 19.9 Å². The molecule has 0 spiro atoms. The number of nitrogens with one attached hydrogen (secondary N) is 1. The Labute approximate surface area is 80.6 Å². The van der Waals surface area contributed by atoms with Crippen molar-refractivity contribution in [3.8, 4) is 0 Å². The molecule has 14 heavy (non-hydrogen) atoms. The first-order chi connectivity index (χ1) is 6.59. The molecule has 2 heterocycles. The van der Waals surface area contributed by atoms with Gasteiger partial charge >= 0.3 is 5.69 Å². The smallest absolute Gasteiger partial charge is 0.327 e. The average Bonchev–Trinajstić information content (AvgIpc) is 2.40. The van der Waals surface area contributed by atoms with Gasteiger partial charge in [0, 0.05) is 6.04 Å².